The molecule has 0 N–H and O–H groups in total. The monoisotopic (exact) mass is 265 g/mol. The molecule has 0 aliphatic carbocycles. The summed E-state index contributed by atoms with van der Waals surface area (Å²) in [7, 11) is 2.11. The first-order valence-electron chi connectivity index (χ1n) is 7.00. The van der Waals surface area contributed by atoms with Gasteiger partial charge in [-0.2, -0.15) is 0 Å². The van der Waals surface area contributed by atoms with Crippen LogP contribution in [0.4, 0.5) is 0 Å². The predicted octanol–water partition coefficient (Wildman–Crippen LogP) is 1.68. The van der Waals surface area contributed by atoms with Crippen molar-refractivity contribution in [2.24, 2.45) is 0 Å². The number of amides is 1. The van der Waals surface area contributed by atoms with Gasteiger partial charge < -0.3 is 9.42 Å². The molecule has 0 unspecified atom stereocenters. The average Bonchev–Trinajstić information content (AvgIpc) is 2.86. The molecular formula is C14H23N3O2. The molecule has 1 amide bonds. The van der Waals surface area contributed by atoms with E-state index in [4.69, 9.17) is 4.52 Å². The Hall–Kier alpha value is -1.36. The first-order chi connectivity index (χ1) is 9.10. The molecule has 1 aromatic rings. The van der Waals surface area contributed by atoms with Crippen LogP contribution >= 0.6 is 0 Å². The topological polar surface area (TPSA) is 49.6 Å². The van der Waals surface area contributed by atoms with Crippen molar-refractivity contribution in [3.63, 3.8) is 0 Å². The molecule has 1 aliphatic heterocycles. The van der Waals surface area contributed by atoms with E-state index in [-0.39, 0.29) is 5.91 Å². The molecule has 5 heteroatoms. The van der Waals surface area contributed by atoms with E-state index in [0.29, 0.717) is 6.04 Å². The Kier molecular flexibility index (Phi) is 4.58. The maximum Gasteiger partial charge on any atom is 0.219 e. The largest absolute Gasteiger partial charge is 0.360 e. The van der Waals surface area contributed by atoms with Crippen molar-refractivity contribution in [1.29, 1.82) is 0 Å². The van der Waals surface area contributed by atoms with E-state index in [1.54, 1.807) is 6.92 Å². The Bertz CT molecular complexity index is 422. The maximum atomic E-state index is 11.3. The van der Waals surface area contributed by atoms with Crippen LogP contribution in [-0.2, 0) is 17.8 Å². The summed E-state index contributed by atoms with van der Waals surface area (Å²) in [4.78, 5) is 15.5. The Labute approximate surface area is 114 Å². The molecule has 2 heterocycles. The molecule has 1 fully saturated rings. The van der Waals surface area contributed by atoms with E-state index in [1.807, 2.05) is 11.0 Å². The lowest BCUT2D eigenvalue weighted by Crippen LogP contribution is -2.44. The molecule has 19 heavy (non-hydrogen) atoms. The summed E-state index contributed by atoms with van der Waals surface area (Å²) in [5, 5.41) is 4.01. The zero-order valence-electron chi connectivity index (χ0n) is 12.1. The van der Waals surface area contributed by atoms with Gasteiger partial charge in [-0.1, -0.05) is 12.1 Å². The SMILES string of the molecule is CCc1cc(CN(C)C2CCN(C(C)=O)CC2)on1. The molecule has 0 aromatic carbocycles. The minimum absolute atomic E-state index is 0.184. The Morgan fingerprint density at radius 3 is 2.74 bits per heavy atom. The fourth-order valence-electron chi connectivity index (χ4n) is 2.59. The highest BCUT2D eigenvalue weighted by atomic mass is 16.5. The number of rotatable bonds is 4. The number of aryl methyl sites for hydroxylation is 1. The number of hydrogen-bond donors (Lipinski definition) is 0. The standard InChI is InChI=1S/C14H23N3O2/c1-4-12-9-14(19-15-12)10-16(3)13-5-7-17(8-6-13)11(2)18/h9,13H,4-8,10H2,1-3H3. The summed E-state index contributed by atoms with van der Waals surface area (Å²) in [5.41, 5.74) is 1.01. The molecule has 0 radical (unpaired) electrons. The fraction of sp³-hybridized carbons (Fsp3) is 0.714. The number of piperidine rings is 1. The molecule has 0 bridgehead atoms. The minimum Gasteiger partial charge on any atom is -0.360 e. The first-order valence-corrected chi connectivity index (χ1v) is 7.00. The molecule has 5 nitrogen and oxygen atoms in total. The zero-order chi connectivity index (χ0) is 13.8. The third-order valence-electron chi connectivity index (χ3n) is 3.91. The highest BCUT2D eigenvalue weighted by molar-refractivity contribution is 5.73. The van der Waals surface area contributed by atoms with Gasteiger partial charge in [0, 0.05) is 32.1 Å². The van der Waals surface area contributed by atoms with Crippen molar-refractivity contribution in [2.75, 3.05) is 20.1 Å². The van der Waals surface area contributed by atoms with Gasteiger partial charge in [0.05, 0.1) is 12.2 Å². The third-order valence-corrected chi connectivity index (χ3v) is 3.91. The van der Waals surface area contributed by atoms with Crippen molar-refractivity contribution in [3.8, 4) is 0 Å². The van der Waals surface area contributed by atoms with Crippen LogP contribution in [0.1, 0.15) is 38.1 Å². The van der Waals surface area contributed by atoms with Crippen molar-refractivity contribution < 1.29 is 9.32 Å². The fourth-order valence-corrected chi connectivity index (χ4v) is 2.59. The van der Waals surface area contributed by atoms with Gasteiger partial charge in [0.1, 0.15) is 0 Å². The van der Waals surface area contributed by atoms with Crippen LogP contribution in [0, 0.1) is 0 Å². The number of carbonyl (C=O) groups excluding carboxylic acids is 1. The second kappa shape index (κ2) is 6.19. The molecule has 106 valence electrons. The Balaban J connectivity index is 1.84. The van der Waals surface area contributed by atoms with Gasteiger partial charge in [-0.3, -0.25) is 9.69 Å². The van der Waals surface area contributed by atoms with Crippen LogP contribution in [0.3, 0.4) is 0 Å². The maximum absolute atomic E-state index is 11.3. The van der Waals surface area contributed by atoms with E-state index < -0.39 is 0 Å². The van der Waals surface area contributed by atoms with E-state index in [1.165, 1.54) is 0 Å². The summed E-state index contributed by atoms with van der Waals surface area (Å²) in [6, 6.07) is 2.55. The quantitative estimate of drug-likeness (QED) is 0.831. The molecule has 0 spiro atoms. The van der Waals surface area contributed by atoms with Crippen LogP contribution in [-0.4, -0.2) is 47.0 Å². The van der Waals surface area contributed by atoms with E-state index in [0.717, 1.165) is 50.4 Å². The average molecular weight is 265 g/mol. The molecule has 1 aromatic heterocycles. The lowest BCUT2D eigenvalue weighted by molar-refractivity contribution is -0.130. The lowest BCUT2D eigenvalue weighted by Gasteiger charge is -2.35. The molecule has 1 aliphatic rings. The normalized spacial score (nSPS) is 17.2. The van der Waals surface area contributed by atoms with Crippen LogP contribution in [0.2, 0.25) is 0 Å². The van der Waals surface area contributed by atoms with Gasteiger partial charge in [0.15, 0.2) is 5.76 Å². The minimum atomic E-state index is 0.184. The summed E-state index contributed by atoms with van der Waals surface area (Å²) in [6.45, 7) is 6.23. The van der Waals surface area contributed by atoms with E-state index in [9.17, 15) is 4.79 Å². The summed E-state index contributed by atoms with van der Waals surface area (Å²) in [6.07, 6.45) is 2.97. The molecule has 0 saturated carbocycles. The smallest absolute Gasteiger partial charge is 0.219 e. The molecular weight excluding hydrogens is 242 g/mol. The summed E-state index contributed by atoms with van der Waals surface area (Å²) >= 11 is 0. The van der Waals surface area contributed by atoms with Crippen LogP contribution in [0.25, 0.3) is 0 Å². The highest BCUT2D eigenvalue weighted by Gasteiger charge is 2.24. The van der Waals surface area contributed by atoms with Crippen molar-refractivity contribution >= 4 is 5.91 Å². The van der Waals surface area contributed by atoms with E-state index in [2.05, 4.69) is 24.0 Å². The van der Waals surface area contributed by atoms with Crippen LogP contribution in [0.5, 0.6) is 0 Å². The molecule has 2 rings (SSSR count). The first kappa shape index (κ1) is 14.1. The van der Waals surface area contributed by atoms with Crippen LogP contribution in [0.15, 0.2) is 10.6 Å². The van der Waals surface area contributed by atoms with Gasteiger partial charge >= 0.3 is 0 Å². The lowest BCUT2D eigenvalue weighted by atomic mass is 10.0. The number of nitrogens with zero attached hydrogens (tertiary/aromatic N) is 3. The van der Waals surface area contributed by atoms with Gasteiger partial charge in [0.2, 0.25) is 5.91 Å². The Morgan fingerprint density at radius 1 is 1.53 bits per heavy atom. The van der Waals surface area contributed by atoms with Crippen LogP contribution < -0.4 is 0 Å². The van der Waals surface area contributed by atoms with Gasteiger partial charge in [-0.05, 0) is 26.3 Å². The number of hydrogen-bond acceptors (Lipinski definition) is 4. The summed E-state index contributed by atoms with van der Waals surface area (Å²) in [5.74, 6) is 1.11. The number of aromatic nitrogens is 1. The van der Waals surface area contributed by atoms with Crippen molar-refractivity contribution in [3.05, 3.63) is 17.5 Å². The number of carbonyl (C=O) groups is 1. The third kappa shape index (κ3) is 3.56. The second-order valence-corrected chi connectivity index (χ2v) is 5.29. The molecule has 0 atom stereocenters. The van der Waals surface area contributed by atoms with Crippen molar-refractivity contribution in [1.82, 2.24) is 15.0 Å². The molecule has 1 saturated heterocycles. The van der Waals surface area contributed by atoms with Gasteiger partial charge in [0.25, 0.3) is 0 Å². The second-order valence-electron chi connectivity index (χ2n) is 5.29. The zero-order valence-corrected chi connectivity index (χ0v) is 12.1. The number of likely N-dealkylation sites (tertiary alicyclic amines) is 1. The van der Waals surface area contributed by atoms with Gasteiger partial charge in [-0.15, -0.1) is 0 Å². The predicted molar refractivity (Wildman–Crippen MR) is 72.6 cm³/mol. The Morgan fingerprint density at radius 2 is 2.21 bits per heavy atom. The van der Waals surface area contributed by atoms with E-state index >= 15 is 0 Å². The summed E-state index contributed by atoms with van der Waals surface area (Å²) < 4.78 is 5.32. The van der Waals surface area contributed by atoms with Gasteiger partial charge in [-0.25, -0.2) is 0 Å². The van der Waals surface area contributed by atoms with Crippen molar-refractivity contribution in [2.45, 2.75) is 45.7 Å². The highest BCUT2D eigenvalue weighted by Crippen LogP contribution is 2.18.